The molecule has 2 heterocycles. The van der Waals surface area contributed by atoms with Gasteiger partial charge in [0.05, 0.1) is 0 Å². The molecule has 80 valence electrons. The summed E-state index contributed by atoms with van der Waals surface area (Å²) in [5, 5.41) is 0. The maximum atomic E-state index is 11.8. The highest BCUT2D eigenvalue weighted by atomic mass is 16.6. The van der Waals surface area contributed by atoms with Gasteiger partial charge in [-0.3, -0.25) is 4.90 Å². The topological polar surface area (TPSA) is 29.5 Å². The summed E-state index contributed by atoms with van der Waals surface area (Å²) in [5.41, 5.74) is -0.324. The average molecular weight is 197 g/mol. The average Bonchev–Trinajstić information content (AvgIpc) is 2.49. The van der Waals surface area contributed by atoms with E-state index in [1.54, 1.807) is 0 Å². The first-order valence-electron chi connectivity index (χ1n) is 5.33. The Balaban J connectivity index is 2.30. The number of hydrogen-bond acceptors (Lipinski definition) is 3. The zero-order valence-electron chi connectivity index (χ0n) is 9.46. The Labute approximate surface area is 85.4 Å². The lowest BCUT2D eigenvalue weighted by molar-refractivity contribution is -0.149. The molecule has 14 heavy (non-hydrogen) atoms. The quantitative estimate of drug-likeness (QED) is 0.554. The Morgan fingerprint density at radius 1 is 1.50 bits per heavy atom. The van der Waals surface area contributed by atoms with Gasteiger partial charge in [0, 0.05) is 12.0 Å². The molecule has 0 aromatic heterocycles. The summed E-state index contributed by atoms with van der Waals surface area (Å²) in [7, 11) is 0. The van der Waals surface area contributed by atoms with Crippen LogP contribution in [0, 0.1) is 5.41 Å². The van der Waals surface area contributed by atoms with E-state index < -0.39 is 0 Å². The molecule has 2 rings (SSSR count). The van der Waals surface area contributed by atoms with Crippen molar-refractivity contribution in [2.24, 2.45) is 5.41 Å². The van der Waals surface area contributed by atoms with Crippen LogP contribution in [-0.4, -0.2) is 29.2 Å². The van der Waals surface area contributed by atoms with Gasteiger partial charge in [-0.15, -0.1) is 0 Å². The number of carbonyl (C=O) groups is 1. The zero-order chi connectivity index (χ0) is 10.6. The van der Waals surface area contributed by atoms with Crippen LogP contribution in [0.4, 0.5) is 0 Å². The third-order valence-corrected chi connectivity index (χ3v) is 3.38. The molecule has 0 aliphatic carbocycles. The van der Waals surface area contributed by atoms with Crippen LogP contribution in [0.3, 0.4) is 0 Å². The largest absolute Gasteiger partial charge is 0.444 e. The third kappa shape index (κ3) is 1.18. The van der Waals surface area contributed by atoms with Gasteiger partial charge in [-0.25, -0.2) is 4.79 Å². The fraction of sp³-hybridized carbons (Fsp3) is 0.909. The van der Waals surface area contributed by atoms with Crippen molar-refractivity contribution in [2.75, 3.05) is 6.54 Å². The number of ether oxygens (including phenoxy) is 1. The molecule has 0 amide bonds. The third-order valence-electron chi connectivity index (χ3n) is 3.38. The van der Waals surface area contributed by atoms with Crippen molar-refractivity contribution in [1.29, 1.82) is 0 Å². The molecule has 0 radical (unpaired) electrons. The highest BCUT2D eigenvalue weighted by Gasteiger charge is 2.57. The van der Waals surface area contributed by atoms with Crippen LogP contribution in [0.2, 0.25) is 0 Å². The number of carbonyl (C=O) groups excluding carboxylic acids is 1. The highest BCUT2D eigenvalue weighted by Crippen LogP contribution is 2.43. The number of fused-ring (bicyclic) bond motifs is 1. The fourth-order valence-corrected chi connectivity index (χ4v) is 2.52. The maximum absolute atomic E-state index is 11.8. The molecule has 2 aliphatic rings. The SMILES string of the molecule is CC(C)(C)C1OC(=O)C2(C)CCCN12. The molecular weight excluding hydrogens is 178 g/mol. The van der Waals surface area contributed by atoms with E-state index in [0.29, 0.717) is 0 Å². The molecule has 2 fully saturated rings. The summed E-state index contributed by atoms with van der Waals surface area (Å²) in [6, 6.07) is 0. The molecule has 0 spiro atoms. The van der Waals surface area contributed by atoms with Crippen molar-refractivity contribution >= 4 is 5.97 Å². The Hall–Kier alpha value is -0.570. The van der Waals surface area contributed by atoms with Gasteiger partial charge in [-0.1, -0.05) is 20.8 Å². The van der Waals surface area contributed by atoms with E-state index in [2.05, 4.69) is 25.7 Å². The number of rotatable bonds is 0. The second kappa shape index (κ2) is 2.72. The minimum atomic E-state index is -0.335. The van der Waals surface area contributed by atoms with Crippen LogP contribution < -0.4 is 0 Å². The predicted molar refractivity (Wildman–Crippen MR) is 53.7 cm³/mol. The van der Waals surface area contributed by atoms with Crippen molar-refractivity contribution in [3.05, 3.63) is 0 Å². The van der Waals surface area contributed by atoms with Gasteiger partial charge in [0.25, 0.3) is 0 Å². The summed E-state index contributed by atoms with van der Waals surface area (Å²) in [6.07, 6.45) is 2.01. The molecule has 0 aromatic rings. The van der Waals surface area contributed by atoms with Crippen molar-refractivity contribution in [1.82, 2.24) is 4.90 Å². The number of hydrogen-bond donors (Lipinski definition) is 0. The summed E-state index contributed by atoms with van der Waals surface area (Å²) in [5.74, 6) is -0.0325. The van der Waals surface area contributed by atoms with Gasteiger partial charge in [-0.2, -0.15) is 0 Å². The Kier molecular flexibility index (Phi) is 1.94. The first kappa shape index (κ1) is 9.97. The van der Waals surface area contributed by atoms with Crippen molar-refractivity contribution < 1.29 is 9.53 Å². The van der Waals surface area contributed by atoms with E-state index in [9.17, 15) is 4.79 Å². The first-order chi connectivity index (χ1) is 6.36. The van der Waals surface area contributed by atoms with Gasteiger partial charge in [0.2, 0.25) is 0 Å². The molecule has 0 bridgehead atoms. The van der Waals surface area contributed by atoms with Crippen LogP contribution in [0.5, 0.6) is 0 Å². The molecule has 2 aliphatic heterocycles. The standard InChI is InChI=1S/C11H19NO2/c1-10(2,3)8-12-7-5-6-11(12,4)9(13)14-8/h8H,5-7H2,1-4H3. The minimum absolute atomic E-state index is 0.0117. The second-order valence-corrected chi connectivity index (χ2v) is 5.69. The van der Waals surface area contributed by atoms with Crippen LogP contribution in [0.15, 0.2) is 0 Å². The van der Waals surface area contributed by atoms with Crippen molar-refractivity contribution in [3.8, 4) is 0 Å². The lowest BCUT2D eigenvalue weighted by atomic mass is 9.92. The molecular formula is C11H19NO2. The summed E-state index contributed by atoms with van der Waals surface area (Å²) >= 11 is 0. The van der Waals surface area contributed by atoms with Crippen LogP contribution in [0.25, 0.3) is 0 Å². The first-order valence-corrected chi connectivity index (χ1v) is 5.33. The van der Waals surface area contributed by atoms with Gasteiger partial charge in [0.1, 0.15) is 5.54 Å². The molecule has 2 atom stereocenters. The fourth-order valence-electron chi connectivity index (χ4n) is 2.52. The summed E-state index contributed by atoms with van der Waals surface area (Å²) in [6.45, 7) is 9.36. The monoisotopic (exact) mass is 197 g/mol. The van der Waals surface area contributed by atoms with Gasteiger partial charge in [-0.05, 0) is 19.8 Å². The molecule has 2 unspecified atom stereocenters. The highest BCUT2D eigenvalue weighted by molar-refractivity contribution is 5.82. The predicted octanol–water partition coefficient (Wildman–Crippen LogP) is 1.77. The molecule has 3 heteroatoms. The van der Waals surface area contributed by atoms with E-state index in [4.69, 9.17) is 4.74 Å². The molecule has 0 N–H and O–H groups in total. The lowest BCUT2D eigenvalue weighted by Crippen LogP contribution is -2.47. The maximum Gasteiger partial charge on any atom is 0.327 e. The van der Waals surface area contributed by atoms with Crippen LogP contribution >= 0.6 is 0 Å². The molecule has 0 saturated carbocycles. The number of cyclic esters (lactones) is 1. The number of esters is 1. The Morgan fingerprint density at radius 3 is 2.71 bits per heavy atom. The van der Waals surface area contributed by atoms with E-state index in [1.165, 1.54) is 0 Å². The molecule has 2 saturated heterocycles. The number of nitrogens with zero attached hydrogens (tertiary/aromatic N) is 1. The van der Waals surface area contributed by atoms with Crippen molar-refractivity contribution in [3.63, 3.8) is 0 Å². The molecule has 3 nitrogen and oxygen atoms in total. The van der Waals surface area contributed by atoms with Gasteiger partial charge < -0.3 is 4.74 Å². The molecule has 0 aromatic carbocycles. The van der Waals surface area contributed by atoms with Crippen LogP contribution in [0.1, 0.15) is 40.5 Å². The minimum Gasteiger partial charge on any atom is -0.444 e. The van der Waals surface area contributed by atoms with Gasteiger partial charge >= 0.3 is 5.97 Å². The van der Waals surface area contributed by atoms with E-state index in [0.717, 1.165) is 19.4 Å². The zero-order valence-corrected chi connectivity index (χ0v) is 9.46. The van der Waals surface area contributed by atoms with Crippen molar-refractivity contribution in [2.45, 2.75) is 52.3 Å². The lowest BCUT2D eigenvalue weighted by Gasteiger charge is -2.33. The summed E-state index contributed by atoms with van der Waals surface area (Å²) < 4.78 is 5.48. The smallest absolute Gasteiger partial charge is 0.327 e. The summed E-state index contributed by atoms with van der Waals surface area (Å²) in [4.78, 5) is 14.0. The van der Waals surface area contributed by atoms with Crippen LogP contribution in [-0.2, 0) is 9.53 Å². The Morgan fingerprint density at radius 2 is 2.14 bits per heavy atom. The second-order valence-electron chi connectivity index (χ2n) is 5.69. The normalized spacial score (nSPS) is 38.6. The van der Waals surface area contributed by atoms with E-state index in [-0.39, 0.29) is 23.2 Å². The van der Waals surface area contributed by atoms with E-state index in [1.807, 2.05) is 6.92 Å². The van der Waals surface area contributed by atoms with E-state index >= 15 is 0 Å². The Bertz CT molecular complexity index is 269. The van der Waals surface area contributed by atoms with Gasteiger partial charge in [0.15, 0.2) is 6.23 Å².